The van der Waals surface area contributed by atoms with Crippen molar-refractivity contribution in [3.8, 4) is 11.1 Å². The normalized spacial score (nSPS) is 23.4. The van der Waals surface area contributed by atoms with Crippen molar-refractivity contribution in [1.29, 1.82) is 0 Å². The molecule has 100 valence electrons. The minimum atomic E-state index is 0.559. The van der Waals surface area contributed by atoms with E-state index in [-0.39, 0.29) is 0 Å². The molecule has 0 aromatic carbocycles. The van der Waals surface area contributed by atoms with Crippen molar-refractivity contribution >= 4 is 5.82 Å². The first-order chi connectivity index (χ1) is 9.25. The Kier molecular flexibility index (Phi) is 3.23. The third-order valence-electron chi connectivity index (χ3n) is 4.22. The van der Waals surface area contributed by atoms with Gasteiger partial charge < -0.3 is 5.73 Å². The van der Waals surface area contributed by atoms with Crippen LogP contribution in [0.25, 0.3) is 11.1 Å². The molecule has 4 nitrogen and oxygen atoms in total. The van der Waals surface area contributed by atoms with E-state index >= 15 is 0 Å². The van der Waals surface area contributed by atoms with E-state index < -0.39 is 0 Å². The van der Waals surface area contributed by atoms with Crippen molar-refractivity contribution in [3.63, 3.8) is 0 Å². The van der Waals surface area contributed by atoms with Gasteiger partial charge in [0.05, 0.1) is 0 Å². The van der Waals surface area contributed by atoms with E-state index in [4.69, 9.17) is 5.73 Å². The summed E-state index contributed by atoms with van der Waals surface area (Å²) in [6, 6.07) is 3.99. The quantitative estimate of drug-likeness (QED) is 0.865. The van der Waals surface area contributed by atoms with Gasteiger partial charge in [0.25, 0.3) is 0 Å². The molecule has 1 saturated carbocycles. The number of rotatable bonds is 2. The maximum Gasteiger partial charge on any atom is 0.153 e. The second-order valence-corrected chi connectivity index (χ2v) is 5.59. The van der Waals surface area contributed by atoms with E-state index in [1.807, 2.05) is 12.1 Å². The molecule has 0 saturated heterocycles. The van der Waals surface area contributed by atoms with Crippen molar-refractivity contribution in [3.05, 3.63) is 30.2 Å². The van der Waals surface area contributed by atoms with Gasteiger partial charge in [-0.1, -0.05) is 19.8 Å². The highest BCUT2D eigenvalue weighted by atomic mass is 15.2. The molecular formula is C15H20N4. The highest BCUT2D eigenvalue weighted by Gasteiger charge is 2.25. The number of hydrogen-bond acceptors (Lipinski definition) is 3. The van der Waals surface area contributed by atoms with Crippen LogP contribution in [0.15, 0.2) is 24.5 Å². The molecule has 1 fully saturated rings. The molecule has 3 rings (SSSR count). The lowest BCUT2D eigenvalue weighted by atomic mass is 9.80. The lowest BCUT2D eigenvalue weighted by Gasteiger charge is -2.26. The summed E-state index contributed by atoms with van der Waals surface area (Å²) >= 11 is 0. The maximum absolute atomic E-state index is 6.04. The van der Waals surface area contributed by atoms with Gasteiger partial charge in [0.2, 0.25) is 0 Å². The van der Waals surface area contributed by atoms with E-state index in [0.717, 1.165) is 17.0 Å². The van der Waals surface area contributed by atoms with E-state index in [9.17, 15) is 0 Å². The zero-order chi connectivity index (χ0) is 13.2. The fraction of sp³-hybridized carbons (Fsp3) is 0.467. The van der Waals surface area contributed by atoms with E-state index in [2.05, 4.69) is 22.1 Å². The number of nitrogens with two attached hydrogens (primary N) is 1. The van der Waals surface area contributed by atoms with Crippen LogP contribution in [0.3, 0.4) is 0 Å². The van der Waals surface area contributed by atoms with Gasteiger partial charge in [-0.3, -0.25) is 10.1 Å². The number of nitrogens with zero attached hydrogens (tertiary/aromatic N) is 2. The third kappa shape index (κ3) is 2.35. The SMILES string of the molecule is CC1CCC(c2[nH]nc(N)c2-c2ccncc2)CC1. The Morgan fingerprint density at radius 2 is 1.84 bits per heavy atom. The van der Waals surface area contributed by atoms with Crippen molar-refractivity contribution in [2.24, 2.45) is 5.92 Å². The Bertz CT molecular complexity index is 539. The minimum Gasteiger partial charge on any atom is -0.382 e. The van der Waals surface area contributed by atoms with Crippen LogP contribution in [-0.4, -0.2) is 15.2 Å². The predicted octanol–water partition coefficient (Wildman–Crippen LogP) is 3.35. The molecule has 0 atom stereocenters. The largest absolute Gasteiger partial charge is 0.382 e. The highest BCUT2D eigenvalue weighted by molar-refractivity contribution is 5.76. The van der Waals surface area contributed by atoms with Gasteiger partial charge >= 0.3 is 0 Å². The van der Waals surface area contributed by atoms with Crippen molar-refractivity contribution in [2.45, 2.75) is 38.5 Å². The fourth-order valence-corrected chi connectivity index (χ4v) is 3.04. The molecule has 19 heavy (non-hydrogen) atoms. The van der Waals surface area contributed by atoms with Gasteiger partial charge in [-0.25, -0.2) is 0 Å². The Morgan fingerprint density at radius 3 is 2.53 bits per heavy atom. The lowest BCUT2D eigenvalue weighted by Crippen LogP contribution is -2.12. The Labute approximate surface area is 113 Å². The molecule has 1 aliphatic carbocycles. The number of nitrogens with one attached hydrogen (secondary N) is 1. The first-order valence-corrected chi connectivity index (χ1v) is 7.00. The summed E-state index contributed by atoms with van der Waals surface area (Å²) in [7, 11) is 0. The number of aromatic amines is 1. The van der Waals surface area contributed by atoms with Crippen LogP contribution in [0.1, 0.15) is 44.2 Å². The maximum atomic E-state index is 6.04. The van der Waals surface area contributed by atoms with Gasteiger partial charge in [0.15, 0.2) is 5.82 Å². The molecule has 2 aromatic rings. The van der Waals surface area contributed by atoms with Crippen LogP contribution in [0.4, 0.5) is 5.82 Å². The number of hydrogen-bond donors (Lipinski definition) is 2. The summed E-state index contributed by atoms with van der Waals surface area (Å²) in [5, 5.41) is 7.38. The molecule has 0 spiro atoms. The predicted molar refractivity (Wildman–Crippen MR) is 76.6 cm³/mol. The summed E-state index contributed by atoms with van der Waals surface area (Å²) in [6.45, 7) is 2.33. The highest BCUT2D eigenvalue weighted by Crippen LogP contribution is 2.40. The zero-order valence-electron chi connectivity index (χ0n) is 11.3. The average molecular weight is 256 g/mol. The average Bonchev–Trinajstić information content (AvgIpc) is 2.82. The van der Waals surface area contributed by atoms with Gasteiger partial charge in [0.1, 0.15) is 0 Å². The number of anilines is 1. The number of nitrogen functional groups attached to an aromatic ring is 1. The van der Waals surface area contributed by atoms with Crippen LogP contribution in [0, 0.1) is 5.92 Å². The molecule has 1 aliphatic rings. The number of pyridine rings is 1. The van der Waals surface area contributed by atoms with Crippen LogP contribution in [0.2, 0.25) is 0 Å². The summed E-state index contributed by atoms with van der Waals surface area (Å²) in [4.78, 5) is 4.07. The fourth-order valence-electron chi connectivity index (χ4n) is 3.04. The van der Waals surface area contributed by atoms with Gasteiger partial charge in [-0.2, -0.15) is 5.10 Å². The molecule has 4 heteroatoms. The molecule has 0 radical (unpaired) electrons. The van der Waals surface area contributed by atoms with Crippen LogP contribution in [0.5, 0.6) is 0 Å². The Balaban J connectivity index is 1.95. The van der Waals surface area contributed by atoms with Crippen molar-refractivity contribution < 1.29 is 0 Å². The van der Waals surface area contributed by atoms with E-state index in [1.165, 1.54) is 31.4 Å². The molecule has 2 aromatic heterocycles. The Morgan fingerprint density at radius 1 is 1.16 bits per heavy atom. The molecule has 2 heterocycles. The summed E-state index contributed by atoms with van der Waals surface area (Å²) in [6.07, 6.45) is 8.63. The zero-order valence-corrected chi connectivity index (χ0v) is 11.3. The first kappa shape index (κ1) is 12.2. The second-order valence-electron chi connectivity index (χ2n) is 5.59. The molecule has 0 aliphatic heterocycles. The van der Waals surface area contributed by atoms with E-state index in [0.29, 0.717) is 11.7 Å². The van der Waals surface area contributed by atoms with Crippen molar-refractivity contribution in [1.82, 2.24) is 15.2 Å². The van der Waals surface area contributed by atoms with Crippen LogP contribution >= 0.6 is 0 Å². The first-order valence-electron chi connectivity index (χ1n) is 7.00. The van der Waals surface area contributed by atoms with E-state index in [1.54, 1.807) is 12.4 Å². The lowest BCUT2D eigenvalue weighted by molar-refractivity contribution is 0.344. The Hall–Kier alpha value is -1.84. The second kappa shape index (κ2) is 5.03. The number of aromatic nitrogens is 3. The molecular weight excluding hydrogens is 236 g/mol. The smallest absolute Gasteiger partial charge is 0.153 e. The van der Waals surface area contributed by atoms with Crippen LogP contribution < -0.4 is 5.73 Å². The summed E-state index contributed by atoms with van der Waals surface area (Å²) in [5.74, 6) is 2.00. The van der Waals surface area contributed by atoms with Crippen LogP contribution in [-0.2, 0) is 0 Å². The standard InChI is InChI=1S/C15H20N4/c1-10-2-4-12(5-3-10)14-13(15(16)19-18-14)11-6-8-17-9-7-11/h6-10,12H,2-5H2,1H3,(H3,16,18,19). The summed E-state index contributed by atoms with van der Waals surface area (Å²) in [5.41, 5.74) is 9.43. The van der Waals surface area contributed by atoms with Crippen molar-refractivity contribution in [2.75, 3.05) is 5.73 Å². The minimum absolute atomic E-state index is 0.559. The molecule has 0 unspecified atom stereocenters. The van der Waals surface area contributed by atoms with Gasteiger partial charge in [-0.15, -0.1) is 0 Å². The third-order valence-corrected chi connectivity index (χ3v) is 4.22. The topological polar surface area (TPSA) is 67.6 Å². The molecule has 0 amide bonds. The monoisotopic (exact) mass is 256 g/mol. The summed E-state index contributed by atoms with van der Waals surface area (Å²) < 4.78 is 0. The van der Waals surface area contributed by atoms with Gasteiger partial charge in [-0.05, 0) is 36.5 Å². The van der Waals surface area contributed by atoms with Gasteiger partial charge in [0, 0.05) is 29.6 Å². The number of H-pyrrole nitrogens is 1. The molecule has 0 bridgehead atoms. The molecule has 3 N–H and O–H groups in total.